The molecule has 2 aromatic rings. The van der Waals surface area contributed by atoms with Crippen LogP contribution in [0.25, 0.3) is 0 Å². The smallest absolute Gasteiger partial charge is 0.272 e. The molecule has 0 saturated heterocycles. The summed E-state index contributed by atoms with van der Waals surface area (Å²) in [6, 6.07) is 7.67. The van der Waals surface area contributed by atoms with Crippen molar-refractivity contribution in [3.8, 4) is 0 Å². The summed E-state index contributed by atoms with van der Waals surface area (Å²) in [5.74, 6) is 0.508. The molecule has 6 heteroatoms. The number of anilines is 2. The van der Waals surface area contributed by atoms with Gasteiger partial charge in [0.1, 0.15) is 17.8 Å². The van der Waals surface area contributed by atoms with Crippen molar-refractivity contribution in [1.29, 1.82) is 0 Å². The van der Waals surface area contributed by atoms with E-state index >= 15 is 0 Å². The van der Waals surface area contributed by atoms with E-state index in [1.54, 1.807) is 11.0 Å². The lowest BCUT2D eigenvalue weighted by Crippen LogP contribution is -2.31. The number of rotatable bonds is 5. The Bertz CT molecular complexity index is 671. The second-order valence-corrected chi connectivity index (χ2v) is 5.73. The first-order chi connectivity index (χ1) is 10.5. The van der Waals surface area contributed by atoms with Crippen LogP contribution in [-0.4, -0.2) is 33.9 Å². The van der Waals surface area contributed by atoms with Crippen LogP contribution in [-0.2, 0) is 0 Å². The molecular formula is C16H19BrN4O. The molecule has 0 bridgehead atoms. The quantitative estimate of drug-likeness (QED) is 0.879. The van der Waals surface area contributed by atoms with Gasteiger partial charge in [-0.05, 0) is 54.4 Å². The lowest BCUT2D eigenvalue weighted by molar-refractivity contribution is 0.0767. The fraction of sp³-hybridized carbons (Fsp3) is 0.312. The topological polar surface area (TPSA) is 58.1 Å². The minimum atomic E-state index is -0.0848. The number of hydrogen-bond donors (Lipinski definition) is 1. The van der Waals surface area contributed by atoms with Gasteiger partial charge in [0.25, 0.3) is 5.91 Å². The van der Waals surface area contributed by atoms with Crippen LogP contribution in [0, 0.1) is 6.92 Å². The van der Waals surface area contributed by atoms with Gasteiger partial charge in [-0.1, -0.05) is 6.07 Å². The first-order valence-electron chi connectivity index (χ1n) is 7.19. The third-order valence-corrected chi connectivity index (χ3v) is 3.98. The highest BCUT2D eigenvalue weighted by Gasteiger charge is 2.14. The summed E-state index contributed by atoms with van der Waals surface area (Å²) in [6.07, 6.45) is 1.40. The van der Waals surface area contributed by atoms with Crippen molar-refractivity contribution >= 4 is 33.3 Å². The molecule has 0 unspecified atom stereocenters. The van der Waals surface area contributed by atoms with Crippen LogP contribution in [0.2, 0.25) is 0 Å². The second kappa shape index (κ2) is 7.35. The number of carbonyl (C=O) groups is 1. The minimum absolute atomic E-state index is 0.0848. The average molecular weight is 363 g/mol. The van der Waals surface area contributed by atoms with Crippen LogP contribution < -0.4 is 5.32 Å². The number of amides is 1. The van der Waals surface area contributed by atoms with E-state index in [1.807, 2.05) is 39.0 Å². The van der Waals surface area contributed by atoms with Crippen molar-refractivity contribution in [2.24, 2.45) is 0 Å². The SMILES string of the molecule is CCN(CC)C(=O)c1cc(Nc2ccc(C)cc2Br)ncn1. The van der Waals surface area contributed by atoms with Crippen LogP contribution in [0.5, 0.6) is 0 Å². The van der Waals surface area contributed by atoms with E-state index in [4.69, 9.17) is 0 Å². The lowest BCUT2D eigenvalue weighted by Gasteiger charge is -2.18. The number of halogens is 1. The molecule has 1 amide bonds. The molecule has 0 radical (unpaired) electrons. The maximum Gasteiger partial charge on any atom is 0.272 e. The van der Waals surface area contributed by atoms with Crippen molar-refractivity contribution < 1.29 is 4.79 Å². The molecule has 0 aliphatic heterocycles. The van der Waals surface area contributed by atoms with Gasteiger partial charge in [-0.15, -0.1) is 0 Å². The van der Waals surface area contributed by atoms with Crippen LogP contribution in [0.3, 0.4) is 0 Å². The van der Waals surface area contributed by atoms with Crippen LogP contribution in [0.15, 0.2) is 35.1 Å². The van der Waals surface area contributed by atoms with E-state index in [9.17, 15) is 4.79 Å². The molecule has 0 aliphatic rings. The molecule has 0 spiro atoms. The van der Waals surface area contributed by atoms with Crippen LogP contribution in [0.1, 0.15) is 29.9 Å². The molecule has 1 aromatic carbocycles. The molecule has 1 N–H and O–H groups in total. The Morgan fingerprint density at radius 2 is 1.95 bits per heavy atom. The predicted octanol–water partition coefficient (Wildman–Crippen LogP) is 3.77. The number of aromatic nitrogens is 2. The highest BCUT2D eigenvalue weighted by molar-refractivity contribution is 9.10. The summed E-state index contributed by atoms with van der Waals surface area (Å²) in [4.78, 5) is 22.3. The Balaban J connectivity index is 2.23. The number of nitrogens with zero attached hydrogens (tertiary/aromatic N) is 3. The summed E-state index contributed by atoms with van der Waals surface area (Å²) in [6.45, 7) is 7.24. The fourth-order valence-electron chi connectivity index (χ4n) is 2.07. The molecule has 22 heavy (non-hydrogen) atoms. The highest BCUT2D eigenvalue weighted by Crippen LogP contribution is 2.26. The lowest BCUT2D eigenvalue weighted by atomic mass is 10.2. The molecule has 0 fully saturated rings. The predicted molar refractivity (Wildman–Crippen MR) is 91.4 cm³/mol. The molecule has 1 heterocycles. The van der Waals surface area contributed by atoms with E-state index in [-0.39, 0.29) is 5.91 Å². The monoisotopic (exact) mass is 362 g/mol. The Morgan fingerprint density at radius 1 is 1.23 bits per heavy atom. The summed E-state index contributed by atoms with van der Waals surface area (Å²) in [7, 11) is 0. The molecule has 0 saturated carbocycles. The number of benzene rings is 1. The summed E-state index contributed by atoms with van der Waals surface area (Å²) < 4.78 is 0.947. The van der Waals surface area contributed by atoms with Gasteiger partial charge >= 0.3 is 0 Å². The van der Waals surface area contributed by atoms with Gasteiger partial charge in [-0.25, -0.2) is 9.97 Å². The number of carbonyl (C=O) groups excluding carboxylic acids is 1. The zero-order chi connectivity index (χ0) is 16.1. The Kier molecular flexibility index (Phi) is 5.49. The standard InChI is InChI=1S/C16H19BrN4O/c1-4-21(5-2)16(22)14-9-15(19-10-18-14)20-13-7-6-11(3)8-12(13)17/h6-10H,4-5H2,1-3H3,(H,18,19,20). The van der Waals surface area contributed by atoms with Gasteiger partial charge in [-0.3, -0.25) is 4.79 Å². The summed E-state index contributed by atoms with van der Waals surface area (Å²) in [5, 5.41) is 3.20. The van der Waals surface area contributed by atoms with E-state index < -0.39 is 0 Å². The van der Waals surface area contributed by atoms with Gasteiger partial charge in [-0.2, -0.15) is 0 Å². The number of hydrogen-bond acceptors (Lipinski definition) is 4. The van der Waals surface area contributed by atoms with Crippen molar-refractivity contribution in [3.05, 3.63) is 46.3 Å². The molecular weight excluding hydrogens is 344 g/mol. The van der Waals surface area contributed by atoms with Gasteiger partial charge in [0.2, 0.25) is 0 Å². The van der Waals surface area contributed by atoms with Crippen molar-refractivity contribution in [2.75, 3.05) is 18.4 Å². The highest BCUT2D eigenvalue weighted by atomic mass is 79.9. The van der Waals surface area contributed by atoms with Crippen molar-refractivity contribution in [1.82, 2.24) is 14.9 Å². The average Bonchev–Trinajstić information content (AvgIpc) is 2.51. The van der Waals surface area contributed by atoms with Gasteiger partial charge in [0.15, 0.2) is 0 Å². The third-order valence-electron chi connectivity index (χ3n) is 3.32. The normalized spacial score (nSPS) is 10.4. The maximum absolute atomic E-state index is 12.3. The largest absolute Gasteiger partial charge is 0.339 e. The number of nitrogens with one attached hydrogen (secondary N) is 1. The minimum Gasteiger partial charge on any atom is -0.339 e. The summed E-state index contributed by atoms with van der Waals surface area (Å²) in [5.41, 5.74) is 2.45. The Hall–Kier alpha value is -1.95. The number of aryl methyl sites for hydroxylation is 1. The molecule has 2 rings (SSSR count). The Labute approximate surface area is 138 Å². The first-order valence-corrected chi connectivity index (χ1v) is 7.99. The first kappa shape index (κ1) is 16.4. The third kappa shape index (κ3) is 3.82. The zero-order valence-corrected chi connectivity index (χ0v) is 14.5. The van der Waals surface area contributed by atoms with E-state index in [1.165, 1.54) is 6.33 Å². The maximum atomic E-state index is 12.3. The van der Waals surface area contributed by atoms with Crippen molar-refractivity contribution in [2.45, 2.75) is 20.8 Å². The molecule has 116 valence electrons. The van der Waals surface area contributed by atoms with Crippen LogP contribution in [0.4, 0.5) is 11.5 Å². The van der Waals surface area contributed by atoms with Gasteiger partial charge < -0.3 is 10.2 Å². The summed E-state index contributed by atoms with van der Waals surface area (Å²) >= 11 is 3.52. The molecule has 0 aliphatic carbocycles. The molecule has 0 atom stereocenters. The van der Waals surface area contributed by atoms with Gasteiger partial charge in [0.05, 0.1) is 5.69 Å². The Morgan fingerprint density at radius 3 is 2.59 bits per heavy atom. The zero-order valence-electron chi connectivity index (χ0n) is 12.9. The van der Waals surface area contributed by atoms with E-state index in [0.717, 1.165) is 15.7 Å². The second-order valence-electron chi connectivity index (χ2n) is 4.87. The van der Waals surface area contributed by atoms with Crippen LogP contribution >= 0.6 is 15.9 Å². The van der Waals surface area contributed by atoms with Crippen molar-refractivity contribution in [3.63, 3.8) is 0 Å². The fourth-order valence-corrected chi connectivity index (χ4v) is 2.67. The van der Waals surface area contributed by atoms with E-state index in [0.29, 0.717) is 24.6 Å². The van der Waals surface area contributed by atoms with Gasteiger partial charge in [0, 0.05) is 23.6 Å². The molecule has 1 aromatic heterocycles. The molecule has 5 nitrogen and oxygen atoms in total. The van der Waals surface area contributed by atoms with E-state index in [2.05, 4.69) is 31.2 Å².